The van der Waals surface area contributed by atoms with Gasteiger partial charge in [-0.3, -0.25) is 9.59 Å². The molecule has 0 bridgehead atoms. The molecule has 3 aromatic carbocycles. The van der Waals surface area contributed by atoms with E-state index in [0.717, 1.165) is 18.4 Å². The highest BCUT2D eigenvalue weighted by Crippen LogP contribution is 2.25. The summed E-state index contributed by atoms with van der Waals surface area (Å²) in [6, 6.07) is 25.0. The Morgan fingerprint density at radius 1 is 0.950 bits per heavy atom. The molecule has 0 aliphatic carbocycles. The van der Waals surface area contributed by atoms with Crippen LogP contribution in [0.4, 0.5) is 10.2 Å². The van der Waals surface area contributed by atoms with E-state index in [1.165, 1.54) is 30.5 Å². The fraction of sp³-hybridized carbons (Fsp3) is 0.303. The zero-order chi connectivity index (χ0) is 28.5. The smallest absolute Gasteiger partial charge is 0.254 e. The van der Waals surface area contributed by atoms with Gasteiger partial charge in [0.25, 0.3) is 5.91 Å². The number of carbonyl (C=O) groups excluding carboxylic acids is 2. The number of rotatable bonds is 12. The third-order valence-electron chi connectivity index (χ3n) is 6.59. The van der Waals surface area contributed by atoms with E-state index < -0.39 is 0 Å². The van der Waals surface area contributed by atoms with Crippen LogP contribution in [0.5, 0.6) is 0 Å². The average molecular weight is 541 g/mol. The van der Waals surface area contributed by atoms with Gasteiger partial charge in [-0.15, -0.1) is 0 Å². The quantitative estimate of drug-likeness (QED) is 0.194. The minimum absolute atomic E-state index is 0.107. The Kier molecular flexibility index (Phi) is 9.84. The van der Waals surface area contributed by atoms with Crippen LogP contribution in [0.3, 0.4) is 0 Å². The monoisotopic (exact) mass is 540 g/mol. The molecule has 0 unspecified atom stereocenters. The van der Waals surface area contributed by atoms with Crippen molar-refractivity contribution in [2.45, 2.75) is 46.5 Å². The van der Waals surface area contributed by atoms with Crippen LogP contribution in [0.25, 0.3) is 16.9 Å². The number of unbranched alkanes of at least 4 members (excludes halogenated alkanes) is 2. The predicted octanol–water partition coefficient (Wildman–Crippen LogP) is 7.15. The van der Waals surface area contributed by atoms with Crippen LogP contribution in [-0.2, 0) is 11.2 Å². The Morgan fingerprint density at radius 2 is 1.65 bits per heavy atom. The molecule has 0 radical (unpaired) electrons. The molecule has 4 rings (SSSR count). The van der Waals surface area contributed by atoms with Crippen molar-refractivity contribution in [2.75, 3.05) is 18.4 Å². The summed E-state index contributed by atoms with van der Waals surface area (Å²) in [5.74, 6) is -0.265. The van der Waals surface area contributed by atoms with Gasteiger partial charge in [-0.1, -0.05) is 76.1 Å². The maximum absolute atomic E-state index is 13.6. The first kappa shape index (κ1) is 28.7. The van der Waals surface area contributed by atoms with Crippen molar-refractivity contribution in [1.29, 1.82) is 0 Å². The summed E-state index contributed by atoms with van der Waals surface area (Å²) in [5, 5.41) is 7.61. The zero-order valence-corrected chi connectivity index (χ0v) is 23.4. The van der Waals surface area contributed by atoms with Gasteiger partial charge in [-0.25, -0.2) is 9.07 Å². The van der Waals surface area contributed by atoms with Gasteiger partial charge < -0.3 is 10.2 Å². The number of halogens is 1. The van der Waals surface area contributed by atoms with Crippen LogP contribution in [0.1, 0.15) is 56.0 Å². The van der Waals surface area contributed by atoms with Gasteiger partial charge in [0.05, 0.1) is 11.4 Å². The second kappa shape index (κ2) is 13.7. The van der Waals surface area contributed by atoms with E-state index in [-0.39, 0.29) is 30.1 Å². The number of hydrogen-bond acceptors (Lipinski definition) is 3. The standard InChI is InChI=1S/C33H37FN4O2/c1-4-5-7-10-25-13-15-27(16-14-25)33(40)37(22-24(2)3)23-32(39)35-31-21-30(26-11-8-6-9-12-26)36-38(31)29-19-17-28(34)18-20-29/h6,8-9,11-21,24H,4-5,7,10,22-23H2,1-3H3,(H,35,39). The molecule has 1 aromatic heterocycles. The molecule has 0 atom stereocenters. The number of aryl methyl sites for hydroxylation is 1. The lowest BCUT2D eigenvalue weighted by molar-refractivity contribution is -0.117. The maximum atomic E-state index is 13.6. The highest BCUT2D eigenvalue weighted by molar-refractivity contribution is 5.99. The fourth-order valence-corrected chi connectivity index (χ4v) is 4.59. The number of carbonyl (C=O) groups is 2. The number of amides is 2. The third-order valence-corrected chi connectivity index (χ3v) is 6.59. The Balaban J connectivity index is 1.53. The molecule has 4 aromatic rings. The van der Waals surface area contributed by atoms with Crippen molar-refractivity contribution in [3.05, 3.63) is 102 Å². The van der Waals surface area contributed by atoms with Crippen LogP contribution >= 0.6 is 0 Å². The highest BCUT2D eigenvalue weighted by Gasteiger charge is 2.22. The first-order valence-electron chi connectivity index (χ1n) is 13.9. The molecule has 40 heavy (non-hydrogen) atoms. The molecule has 2 amide bonds. The first-order chi connectivity index (χ1) is 19.3. The molecule has 0 aliphatic heterocycles. The average Bonchev–Trinajstić information content (AvgIpc) is 3.37. The predicted molar refractivity (Wildman–Crippen MR) is 158 cm³/mol. The molecular weight excluding hydrogens is 503 g/mol. The van der Waals surface area contributed by atoms with E-state index >= 15 is 0 Å². The maximum Gasteiger partial charge on any atom is 0.254 e. The van der Waals surface area contributed by atoms with Crippen molar-refractivity contribution < 1.29 is 14.0 Å². The largest absolute Gasteiger partial charge is 0.329 e. The van der Waals surface area contributed by atoms with E-state index in [0.29, 0.717) is 29.3 Å². The molecule has 6 nitrogen and oxygen atoms in total. The summed E-state index contributed by atoms with van der Waals surface area (Å²) < 4.78 is 15.2. The fourth-order valence-electron chi connectivity index (χ4n) is 4.59. The third kappa shape index (κ3) is 7.65. The molecule has 208 valence electrons. The summed E-state index contributed by atoms with van der Waals surface area (Å²) in [4.78, 5) is 28.3. The topological polar surface area (TPSA) is 67.2 Å². The Bertz CT molecular complexity index is 1400. The van der Waals surface area contributed by atoms with Crippen LogP contribution in [0.2, 0.25) is 0 Å². The van der Waals surface area contributed by atoms with Crippen molar-refractivity contribution >= 4 is 17.6 Å². The number of nitrogens with one attached hydrogen (secondary N) is 1. The van der Waals surface area contributed by atoms with Crippen LogP contribution in [0, 0.1) is 11.7 Å². The summed E-state index contributed by atoms with van der Waals surface area (Å²) in [7, 11) is 0. The zero-order valence-electron chi connectivity index (χ0n) is 23.4. The van der Waals surface area contributed by atoms with E-state index in [1.54, 1.807) is 27.8 Å². The Labute approximate surface area is 235 Å². The lowest BCUT2D eigenvalue weighted by Gasteiger charge is -2.24. The highest BCUT2D eigenvalue weighted by atomic mass is 19.1. The van der Waals surface area contributed by atoms with Gasteiger partial charge in [0, 0.05) is 23.7 Å². The number of benzene rings is 3. The summed E-state index contributed by atoms with van der Waals surface area (Å²) >= 11 is 0. The molecule has 7 heteroatoms. The molecule has 1 heterocycles. The van der Waals surface area contributed by atoms with Gasteiger partial charge >= 0.3 is 0 Å². The van der Waals surface area contributed by atoms with Crippen molar-refractivity contribution in [3.8, 4) is 16.9 Å². The lowest BCUT2D eigenvalue weighted by atomic mass is 10.0. The van der Waals surface area contributed by atoms with Gasteiger partial charge in [-0.05, 0) is 60.7 Å². The van der Waals surface area contributed by atoms with E-state index in [2.05, 4.69) is 17.3 Å². The molecular formula is C33H37FN4O2. The van der Waals surface area contributed by atoms with Crippen LogP contribution < -0.4 is 5.32 Å². The Hall–Kier alpha value is -4.26. The minimum Gasteiger partial charge on any atom is -0.329 e. The summed E-state index contributed by atoms with van der Waals surface area (Å²) in [6.45, 7) is 6.55. The van der Waals surface area contributed by atoms with Crippen molar-refractivity contribution in [2.24, 2.45) is 5.92 Å². The van der Waals surface area contributed by atoms with Gasteiger partial charge in [-0.2, -0.15) is 5.10 Å². The van der Waals surface area contributed by atoms with Crippen LogP contribution in [-0.4, -0.2) is 39.6 Å². The molecule has 0 aliphatic rings. The van der Waals surface area contributed by atoms with Crippen LogP contribution in [0.15, 0.2) is 84.9 Å². The van der Waals surface area contributed by atoms with E-state index in [4.69, 9.17) is 0 Å². The minimum atomic E-state index is -0.360. The number of nitrogens with zero attached hydrogens (tertiary/aromatic N) is 3. The van der Waals surface area contributed by atoms with E-state index in [1.807, 2.05) is 68.4 Å². The number of hydrogen-bond donors (Lipinski definition) is 1. The summed E-state index contributed by atoms with van der Waals surface area (Å²) in [5.41, 5.74) is 3.92. The number of anilines is 1. The first-order valence-corrected chi connectivity index (χ1v) is 13.9. The SMILES string of the molecule is CCCCCc1ccc(C(=O)N(CC(=O)Nc2cc(-c3ccccc3)nn2-c2ccc(F)cc2)CC(C)C)cc1. The van der Waals surface area contributed by atoms with E-state index in [9.17, 15) is 14.0 Å². The molecule has 0 fully saturated rings. The molecule has 0 spiro atoms. The van der Waals surface area contributed by atoms with Crippen molar-refractivity contribution in [1.82, 2.24) is 14.7 Å². The molecule has 0 saturated carbocycles. The molecule has 1 N–H and O–H groups in total. The second-order valence-corrected chi connectivity index (χ2v) is 10.5. The molecule has 0 saturated heterocycles. The van der Waals surface area contributed by atoms with Gasteiger partial charge in [0.2, 0.25) is 5.91 Å². The normalized spacial score (nSPS) is 11.0. The summed E-state index contributed by atoms with van der Waals surface area (Å²) in [6.07, 6.45) is 4.48. The second-order valence-electron chi connectivity index (χ2n) is 10.5. The number of aromatic nitrogens is 2. The lowest BCUT2D eigenvalue weighted by Crippen LogP contribution is -2.40. The van der Waals surface area contributed by atoms with Gasteiger partial charge in [0.1, 0.15) is 18.2 Å². The Morgan fingerprint density at radius 3 is 2.30 bits per heavy atom. The van der Waals surface area contributed by atoms with Gasteiger partial charge in [0.15, 0.2) is 0 Å². The van der Waals surface area contributed by atoms with Crippen molar-refractivity contribution in [3.63, 3.8) is 0 Å².